The number of aromatic nitrogens is 4. The molecule has 1 aromatic carbocycles. The molecule has 3 aromatic rings. The number of imidazole rings is 1. The molecule has 2 N–H and O–H groups in total. The lowest BCUT2D eigenvalue weighted by Crippen LogP contribution is -2.85. The van der Waals surface area contributed by atoms with Crippen molar-refractivity contribution in [3.05, 3.63) is 42.2 Å². The maximum atomic E-state index is 15.0. The fourth-order valence-electron chi connectivity index (χ4n) is 8.14. The van der Waals surface area contributed by atoms with Crippen molar-refractivity contribution in [2.75, 3.05) is 12.3 Å². The Morgan fingerprint density at radius 3 is 2.02 bits per heavy atom. The summed E-state index contributed by atoms with van der Waals surface area (Å²) >= 11 is 0. The van der Waals surface area contributed by atoms with Crippen molar-refractivity contribution in [2.45, 2.75) is 147 Å². The van der Waals surface area contributed by atoms with Crippen LogP contribution >= 0.6 is 0 Å². The SMILES string of the molecule is C#CCOc1nc2c(N)ncnc2n1[C@@H]1O[C@]([SiH2]C(=O)c2ccccc2)(C(OC(C)(C)C)([Si](C)(C)C)[Si](C)(C)C)[C@@H](OC(C)(C)C)[C@H]1OC(C)(C)C. The topological polar surface area (TPSA) is 133 Å². The van der Waals surface area contributed by atoms with Crippen molar-refractivity contribution in [3.63, 3.8) is 0 Å². The van der Waals surface area contributed by atoms with Gasteiger partial charge in [-0.05, 0) is 62.3 Å². The summed E-state index contributed by atoms with van der Waals surface area (Å²) < 4.78 is 37.9. The van der Waals surface area contributed by atoms with Gasteiger partial charge in [0.2, 0.25) is 0 Å². The molecule has 2 aromatic heterocycles. The zero-order valence-corrected chi connectivity index (χ0v) is 37.4. The van der Waals surface area contributed by atoms with Gasteiger partial charge < -0.3 is 34.2 Å². The Bertz CT molecular complexity index is 1760. The van der Waals surface area contributed by atoms with Gasteiger partial charge in [-0.3, -0.25) is 0 Å². The van der Waals surface area contributed by atoms with Crippen LogP contribution in [0, 0.1) is 12.3 Å². The first-order valence-electron chi connectivity index (χ1n) is 18.0. The van der Waals surface area contributed by atoms with E-state index in [2.05, 4.69) is 75.9 Å². The first-order valence-corrected chi connectivity index (χ1v) is 26.5. The molecule has 0 aliphatic carbocycles. The van der Waals surface area contributed by atoms with Crippen molar-refractivity contribution in [2.24, 2.45) is 0 Å². The van der Waals surface area contributed by atoms with Crippen LogP contribution in [0.3, 0.4) is 0 Å². The van der Waals surface area contributed by atoms with E-state index in [1.807, 2.05) is 71.9 Å². The molecule has 1 saturated heterocycles. The predicted octanol–water partition coefficient (Wildman–Crippen LogP) is 6.33. The smallest absolute Gasteiger partial charge is 0.301 e. The number of nitrogens with two attached hydrogens (primary N) is 1. The fraction of sp³-hybridized carbons (Fsp3) is 0.632. The number of nitrogen functional groups attached to an aromatic ring is 1. The van der Waals surface area contributed by atoms with Gasteiger partial charge >= 0.3 is 6.01 Å². The maximum Gasteiger partial charge on any atom is 0.301 e. The van der Waals surface area contributed by atoms with E-state index in [0.29, 0.717) is 16.7 Å². The summed E-state index contributed by atoms with van der Waals surface area (Å²) in [5.41, 5.74) is 5.76. The Balaban J connectivity index is 2.26. The molecule has 0 saturated carbocycles. The molecule has 0 bridgehead atoms. The molecule has 4 rings (SSSR count). The molecule has 52 heavy (non-hydrogen) atoms. The Kier molecular flexibility index (Phi) is 11.6. The zero-order valence-electron chi connectivity index (χ0n) is 34.0. The molecule has 14 heteroatoms. The minimum absolute atomic E-state index is 0.0440. The van der Waals surface area contributed by atoms with E-state index >= 15 is 0 Å². The number of benzene rings is 1. The number of hydrogen-bond acceptors (Lipinski definition) is 10. The number of anilines is 1. The Labute approximate surface area is 315 Å². The maximum absolute atomic E-state index is 15.0. The van der Waals surface area contributed by atoms with Crippen LogP contribution in [0.15, 0.2) is 36.7 Å². The van der Waals surface area contributed by atoms with Crippen molar-refractivity contribution < 1.29 is 28.5 Å². The zero-order chi connectivity index (χ0) is 39.3. The summed E-state index contributed by atoms with van der Waals surface area (Å²) in [4.78, 5) is 27.7. The van der Waals surface area contributed by atoms with E-state index in [0.717, 1.165) is 0 Å². The summed E-state index contributed by atoms with van der Waals surface area (Å²) in [5.74, 6) is 2.72. The van der Waals surface area contributed by atoms with Gasteiger partial charge in [-0.1, -0.05) is 75.5 Å². The second-order valence-electron chi connectivity index (χ2n) is 18.8. The normalized spacial score (nSPS) is 22.3. The lowest BCUT2D eigenvalue weighted by Gasteiger charge is -2.63. The fourth-order valence-corrected chi connectivity index (χ4v) is 27.0. The van der Waals surface area contributed by atoms with E-state index in [1.54, 1.807) is 4.57 Å². The van der Waals surface area contributed by atoms with E-state index in [4.69, 9.17) is 40.8 Å². The van der Waals surface area contributed by atoms with Crippen molar-refractivity contribution in [1.82, 2.24) is 19.5 Å². The highest BCUT2D eigenvalue weighted by Gasteiger charge is 2.76. The number of rotatable bonds is 12. The molecule has 0 radical (unpaired) electrons. The Hall–Kier alpha value is -2.91. The molecule has 3 heterocycles. The van der Waals surface area contributed by atoms with Gasteiger partial charge in [0.15, 0.2) is 39.3 Å². The van der Waals surface area contributed by atoms with E-state index < -0.39 is 71.0 Å². The van der Waals surface area contributed by atoms with Crippen molar-refractivity contribution >= 4 is 48.1 Å². The molecule has 1 aliphatic heterocycles. The summed E-state index contributed by atoms with van der Waals surface area (Å²) in [6, 6.07) is 9.62. The Morgan fingerprint density at radius 2 is 1.52 bits per heavy atom. The third-order valence-electron chi connectivity index (χ3n) is 9.04. The standard InChI is InChI=1S/C38H61N5O6Si3/c1-17-23-45-33-42-26-29(39)40-24-41-30(26)43(33)31-27(46-34(2,3)4)28(47-35(5,6)7)37(48-31,50-32(44)25-21-19-18-20-22-25)38(51(11,12)13,52(14,15)16)49-36(8,9)10/h1,18-22,24,27-28,31H,23,50H2,2-16H3,(H2,39,40,41)/t27-,28+,31-,37-/m1/s1. The first-order chi connectivity index (χ1) is 23.7. The average Bonchev–Trinajstić information content (AvgIpc) is 3.48. The second kappa shape index (κ2) is 14.4. The van der Waals surface area contributed by atoms with E-state index in [9.17, 15) is 4.79 Å². The number of carbonyl (C=O) groups is 1. The number of ether oxygens (including phenoxy) is 5. The van der Waals surface area contributed by atoms with Crippen LogP contribution < -0.4 is 10.5 Å². The van der Waals surface area contributed by atoms with Gasteiger partial charge in [0.25, 0.3) is 0 Å². The van der Waals surface area contributed by atoms with Gasteiger partial charge in [0, 0.05) is 5.56 Å². The number of fused-ring (bicyclic) bond motifs is 1. The highest BCUT2D eigenvalue weighted by Crippen LogP contribution is 2.57. The van der Waals surface area contributed by atoms with Gasteiger partial charge in [0.05, 0.1) is 37.8 Å². The third kappa shape index (κ3) is 8.25. The van der Waals surface area contributed by atoms with Crippen LogP contribution in [0.25, 0.3) is 11.2 Å². The number of nitrogens with zero attached hydrogens (tertiary/aromatic N) is 4. The van der Waals surface area contributed by atoms with Crippen molar-refractivity contribution in [3.8, 4) is 18.4 Å². The largest absolute Gasteiger partial charge is 0.451 e. The molecule has 0 amide bonds. The van der Waals surface area contributed by atoms with Crippen molar-refractivity contribution in [1.29, 1.82) is 0 Å². The number of terminal acetylenes is 1. The van der Waals surface area contributed by atoms with Crippen LogP contribution in [0.2, 0.25) is 39.3 Å². The lowest BCUT2D eigenvalue weighted by molar-refractivity contribution is -0.196. The van der Waals surface area contributed by atoms with Gasteiger partial charge in [-0.2, -0.15) is 4.98 Å². The molecular weight excluding hydrogens is 707 g/mol. The molecule has 0 spiro atoms. The summed E-state index contributed by atoms with van der Waals surface area (Å²) in [6.45, 7) is 32.2. The van der Waals surface area contributed by atoms with Gasteiger partial charge in [0.1, 0.15) is 29.2 Å². The van der Waals surface area contributed by atoms with Crippen LogP contribution in [0.5, 0.6) is 6.01 Å². The number of hydrogen-bond donors (Lipinski definition) is 1. The third-order valence-corrected chi connectivity index (χ3v) is 21.8. The summed E-state index contributed by atoms with van der Waals surface area (Å²) in [7, 11) is -7.16. The molecular formula is C38H61N5O6Si3. The van der Waals surface area contributed by atoms with E-state index in [1.165, 1.54) is 6.33 Å². The molecule has 1 fully saturated rings. The quantitative estimate of drug-likeness (QED) is 0.165. The minimum atomic E-state index is -2.57. The van der Waals surface area contributed by atoms with Crippen LogP contribution in [0.1, 0.15) is 78.9 Å². The summed E-state index contributed by atoms with van der Waals surface area (Å²) in [6.07, 6.45) is 4.54. The van der Waals surface area contributed by atoms with Gasteiger partial charge in [-0.25, -0.2) is 14.5 Å². The summed E-state index contributed by atoms with van der Waals surface area (Å²) in [5, 5.41) is -1.23. The first kappa shape index (κ1) is 41.8. The Morgan fingerprint density at radius 1 is 0.942 bits per heavy atom. The highest BCUT2D eigenvalue weighted by atomic mass is 28.4. The molecule has 4 atom stereocenters. The van der Waals surface area contributed by atoms with Crippen LogP contribution in [-0.4, -0.2) is 96.3 Å². The van der Waals surface area contributed by atoms with Crippen LogP contribution in [0.4, 0.5) is 5.82 Å². The molecule has 286 valence electrons. The molecule has 1 aliphatic rings. The minimum Gasteiger partial charge on any atom is -0.451 e. The average molecular weight is 768 g/mol. The molecule has 11 nitrogen and oxygen atoms in total. The molecule has 0 unspecified atom stereocenters. The second-order valence-corrected chi connectivity index (χ2v) is 31.7. The number of carbonyl (C=O) groups excluding carboxylic acids is 1. The lowest BCUT2D eigenvalue weighted by atomic mass is 10.0. The highest BCUT2D eigenvalue weighted by molar-refractivity contribution is 7.01. The van der Waals surface area contributed by atoms with Gasteiger partial charge in [-0.15, -0.1) is 6.42 Å². The van der Waals surface area contributed by atoms with Crippen LogP contribution in [-0.2, 0) is 18.9 Å². The monoisotopic (exact) mass is 767 g/mol. The van der Waals surface area contributed by atoms with E-state index in [-0.39, 0.29) is 23.8 Å². The predicted molar refractivity (Wildman–Crippen MR) is 216 cm³/mol.